The average Bonchev–Trinajstić information content (AvgIpc) is 3.36. The predicted molar refractivity (Wildman–Crippen MR) is 104 cm³/mol. The van der Waals surface area contributed by atoms with Crippen LogP contribution in [0, 0.1) is 5.92 Å². The summed E-state index contributed by atoms with van der Waals surface area (Å²) in [6, 6.07) is 10.1. The summed E-state index contributed by atoms with van der Waals surface area (Å²) in [6.07, 6.45) is 2.84. The molecule has 1 aromatic carbocycles. The molecule has 1 unspecified atom stereocenters. The van der Waals surface area contributed by atoms with Gasteiger partial charge in [0.1, 0.15) is 6.33 Å². The van der Waals surface area contributed by atoms with E-state index < -0.39 is 0 Å². The van der Waals surface area contributed by atoms with E-state index in [1.807, 2.05) is 41.9 Å². The monoisotopic (exact) mass is 372 g/mol. The van der Waals surface area contributed by atoms with Gasteiger partial charge in [-0.05, 0) is 18.6 Å². The minimum absolute atomic E-state index is 0.522. The molecule has 27 heavy (non-hydrogen) atoms. The first kappa shape index (κ1) is 19.3. The summed E-state index contributed by atoms with van der Waals surface area (Å²) in [5, 5.41) is 11.7. The number of rotatable bonds is 8. The Morgan fingerprint density at radius 1 is 1.30 bits per heavy atom. The number of hydrogen-bond donors (Lipinski definition) is 1. The van der Waals surface area contributed by atoms with Crippen molar-refractivity contribution in [2.24, 2.45) is 10.9 Å². The molecule has 0 radical (unpaired) electrons. The van der Waals surface area contributed by atoms with Gasteiger partial charge in [0, 0.05) is 38.9 Å². The van der Waals surface area contributed by atoms with Crippen molar-refractivity contribution in [3.63, 3.8) is 0 Å². The maximum atomic E-state index is 5.67. The highest BCUT2D eigenvalue weighted by atomic mass is 16.5. The van der Waals surface area contributed by atoms with Crippen LogP contribution in [0.25, 0.3) is 5.69 Å². The Kier molecular flexibility index (Phi) is 7.18. The number of nitrogens with zero attached hydrogens (tertiary/aromatic N) is 5. The van der Waals surface area contributed by atoms with Gasteiger partial charge in [0.2, 0.25) is 0 Å². The first-order chi connectivity index (χ1) is 13.3. The van der Waals surface area contributed by atoms with Gasteiger partial charge >= 0.3 is 0 Å². The van der Waals surface area contributed by atoms with Crippen LogP contribution in [0.5, 0.6) is 0 Å². The molecular weight excluding hydrogens is 344 g/mol. The molecule has 0 aliphatic carbocycles. The van der Waals surface area contributed by atoms with Crippen molar-refractivity contribution in [1.29, 1.82) is 0 Å². The highest BCUT2D eigenvalue weighted by molar-refractivity contribution is 5.80. The summed E-state index contributed by atoms with van der Waals surface area (Å²) >= 11 is 0. The topological polar surface area (TPSA) is 76.8 Å². The van der Waals surface area contributed by atoms with Gasteiger partial charge in [-0.3, -0.25) is 9.56 Å². The zero-order valence-corrected chi connectivity index (χ0v) is 16.0. The van der Waals surface area contributed by atoms with E-state index in [9.17, 15) is 0 Å². The van der Waals surface area contributed by atoms with E-state index >= 15 is 0 Å². The molecular formula is C19H28N6O2. The lowest BCUT2D eigenvalue weighted by atomic mass is 10.1. The van der Waals surface area contributed by atoms with Gasteiger partial charge in [0.15, 0.2) is 11.8 Å². The minimum Gasteiger partial charge on any atom is -0.382 e. The number of para-hydroxylation sites is 1. The first-order valence-electron chi connectivity index (χ1n) is 9.28. The van der Waals surface area contributed by atoms with E-state index in [0.717, 1.165) is 43.6 Å². The van der Waals surface area contributed by atoms with E-state index in [4.69, 9.17) is 9.47 Å². The molecule has 2 heterocycles. The van der Waals surface area contributed by atoms with Crippen LogP contribution in [-0.4, -0.2) is 72.7 Å². The summed E-state index contributed by atoms with van der Waals surface area (Å²) in [7, 11) is 3.50. The predicted octanol–water partition coefficient (Wildman–Crippen LogP) is 1.33. The minimum atomic E-state index is 0.522. The van der Waals surface area contributed by atoms with E-state index in [1.165, 1.54) is 0 Å². The lowest BCUT2D eigenvalue weighted by Crippen LogP contribution is -2.40. The van der Waals surface area contributed by atoms with Crippen LogP contribution in [0.3, 0.4) is 0 Å². The Hall–Kier alpha value is -2.45. The molecule has 146 valence electrons. The Labute approximate surface area is 160 Å². The Morgan fingerprint density at radius 2 is 2.15 bits per heavy atom. The largest absolute Gasteiger partial charge is 0.382 e. The number of nitrogens with one attached hydrogen (secondary N) is 1. The molecule has 1 aliphatic rings. The standard InChI is InChI=1S/C19H28N6O2/c1-20-19(24-9-8-16(13-24)14-27-11-10-26-2)21-12-18-23-22-15-25(18)17-6-4-3-5-7-17/h3-7,15-16H,8-14H2,1-2H3,(H,20,21). The molecule has 3 rings (SSSR count). The lowest BCUT2D eigenvalue weighted by Gasteiger charge is -2.21. The number of hydrogen-bond acceptors (Lipinski definition) is 5. The fourth-order valence-corrected chi connectivity index (χ4v) is 3.23. The van der Waals surface area contributed by atoms with Crippen LogP contribution < -0.4 is 5.32 Å². The molecule has 2 aromatic rings. The third-order valence-electron chi connectivity index (χ3n) is 4.64. The SMILES string of the molecule is CN=C(NCc1nncn1-c1ccccc1)N1CCC(COCCOC)C1. The van der Waals surface area contributed by atoms with Gasteiger partial charge in [-0.15, -0.1) is 10.2 Å². The smallest absolute Gasteiger partial charge is 0.194 e. The van der Waals surface area contributed by atoms with E-state index in [-0.39, 0.29) is 0 Å². The Bertz CT molecular complexity index is 718. The fraction of sp³-hybridized carbons (Fsp3) is 0.526. The first-order valence-corrected chi connectivity index (χ1v) is 9.28. The van der Waals surface area contributed by atoms with E-state index in [1.54, 1.807) is 13.4 Å². The van der Waals surface area contributed by atoms with Crippen LogP contribution in [0.2, 0.25) is 0 Å². The molecule has 1 fully saturated rings. The number of likely N-dealkylation sites (tertiary alicyclic amines) is 1. The molecule has 0 spiro atoms. The molecule has 0 amide bonds. The number of aromatic nitrogens is 3. The normalized spacial score (nSPS) is 17.5. The van der Waals surface area contributed by atoms with Crippen LogP contribution in [0.4, 0.5) is 0 Å². The van der Waals surface area contributed by atoms with Crippen LogP contribution >= 0.6 is 0 Å². The van der Waals surface area contributed by atoms with Gasteiger partial charge in [0.05, 0.1) is 26.4 Å². The molecule has 1 aliphatic heterocycles. The number of guanidine groups is 1. The number of methoxy groups -OCH3 is 1. The van der Waals surface area contributed by atoms with E-state index in [0.29, 0.717) is 25.7 Å². The van der Waals surface area contributed by atoms with Crippen molar-refractivity contribution in [2.75, 3.05) is 47.1 Å². The summed E-state index contributed by atoms with van der Waals surface area (Å²) in [4.78, 5) is 6.70. The van der Waals surface area contributed by atoms with Crippen molar-refractivity contribution in [3.05, 3.63) is 42.5 Å². The van der Waals surface area contributed by atoms with Gasteiger partial charge < -0.3 is 19.7 Å². The molecule has 0 saturated carbocycles. The zero-order valence-electron chi connectivity index (χ0n) is 16.0. The second kappa shape index (κ2) is 10.0. The van der Waals surface area contributed by atoms with Gasteiger partial charge in [-0.1, -0.05) is 18.2 Å². The summed E-state index contributed by atoms with van der Waals surface area (Å²) in [5.41, 5.74) is 1.05. The molecule has 1 aromatic heterocycles. The second-order valence-corrected chi connectivity index (χ2v) is 6.52. The second-order valence-electron chi connectivity index (χ2n) is 6.52. The number of aliphatic imine (C=N–C) groups is 1. The van der Waals surface area contributed by atoms with Crippen LogP contribution in [0.1, 0.15) is 12.2 Å². The van der Waals surface area contributed by atoms with E-state index in [2.05, 4.69) is 25.4 Å². The van der Waals surface area contributed by atoms with Crippen molar-refractivity contribution in [3.8, 4) is 5.69 Å². The third-order valence-corrected chi connectivity index (χ3v) is 4.64. The highest BCUT2D eigenvalue weighted by Crippen LogP contribution is 2.17. The average molecular weight is 372 g/mol. The van der Waals surface area contributed by atoms with Crippen molar-refractivity contribution < 1.29 is 9.47 Å². The maximum absolute atomic E-state index is 5.67. The third kappa shape index (κ3) is 5.27. The van der Waals surface area contributed by atoms with Gasteiger partial charge in [0.25, 0.3) is 0 Å². The number of benzene rings is 1. The molecule has 1 N–H and O–H groups in total. The maximum Gasteiger partial charge on any atom is 0.194 e. The highest BCUT2D eigenvalue weighted by Gasteiger charge is 2.25. The molecule has 1 saturated heterocycles. The van der Waals surface area contributed by atoms with Crippen molar-refractivity contribution in [2.45, 2.75) is 13.0 Å². The summed E-state index contributed by atoms with van der Waals surface area (Å²) < 4.78 is 12.7. The molecule has 8 nitrogen and oxygen atoms in total. The van der Waals surface area contributed by atoms with Crippen LogP contribution in [0.15, 0.2) is 41.7 Å². The van der Waals surface area contributed by atoms with Crippen molar-refractivity contribution >= 4 is 5.96 Å². The molecule has 8 heteroatoms. The molecule has 0 bridgehead atoms. The van der Waals surface area contributed by atoms with Crippen LogP contribution in [-0.2, 0) is 16.0 Å². The number of ether oxygens (including phenoxy) is 2. The summed E-state index contributed by atoms with van der Waals surface area (Å²) in [5.74, 6) is 2.26. The summed E-state index contributed by atoms with van der Waals surface area (Å²) in [6.45, 7) is 4.53. The lowest BCUT2D eigenvalue weighted by molar-refractivity contribution is 0.0536. The Morgan fingerprint density at radius 3 is 2.93 bits per heavy atom. The Balaban J connectivity index is 1.52. The van der Waals surface area contributed by atoms with Gasteiger partial charge in [-0.2, -0.15) is 0 Å². The quantitative estimate of drug-likeness (QED) is 0.428. The zero-order chi connectivity index (χ0) is 18.9. The van der Waals surface area contributed by atoms with Gasteiger partial charge in [-0.25, -0.2) is 0 Å². The van der Waals surface area contributed by atoms with Crippen molar-refractivity contribution in [1.82, 2.24) is 25.0 Å². The molecule has 1 atom stereocenters. The fourth-order valence-electron chi connectivity index (χ4n) is 3.23.